The molecule has 35 heavy (non-hydrogen) atoms. The van der Waals surface area contributed by atoms with Crippen LogP contribution in [-0.4, -0.2) is 65.4 Å². The zero-order valence-electron chi connectivity index (χ0n) is 21.5. The third-order valence-corrected chi connectivity index (χ3v) is 5.85. The summed E-state index contributed by atoms with van der Waals surface area (Å²) in [5.74, 6) is 0.604. The van der Waals surface area contributed by atoms with Gasteiger partial charge < -0.3 is 29.9 Å². The van der Waals surface area contributed by atoms with Crippen LogP contribution in [0.1, 0.15) is 37.6 Å². The van der Waals surface area contributed by atoms with Crippen molar-refractivity contribution in [3.05, 3.63) is 48.0 Å². The number of ether oxygens (including phenoxy) is 2. The van der Waals surface area contributed by atoms with Crippen LogP contribution >= 0.6 is 0 Å². The van der Waals surface area contributed by atoms with E-state index < -0.39 is 0 Å². The number of nitrogens with zero attached hydrogens (tertiary/aromatic N) is 2. The molecule has 0 bridgehead atoms. The quantitative estimate of drug-likeness (QED) is 0.530. The number of rotatable bonds is 9. The van der Waals surface area contributed by atoms with Crippen LogP contribution in [0.4, 0.5) is 17.1 Å². The van der Waals surface area contributed by atoms with E-state index in [-0.39, 0.29) is 17.2 Å². The molecule has 2 aromatic carbocycles. The third-order valence-electron chi connectivity index (χ3n) is 5.85. The Bertz CT molecular complexity index is 1010. The first kappa shape index (κ1) is 26.3. The molecule has 1 fully saturated rings. The Morgan fingerprint density at radius 2 is 1.60 bits per heavy atom. The lowest BCUT2D eigenvalue weighted by atomic mass is 9.92. The molecule has 2 amide bonds. The van der Waals surface area contributed by atoms with E-state index in [0.717, 1.165) is 43.3 Å². The van der Waals surface area contributed by atoms with Crippen molar-refractivity contribution < 1.29 is 19.1 Å². The van der Waals surface area contributed by atoms with Gasteiger partial charge >= 0.3 is 0 Å². The number of carbonyl (C=O) groups is 2. The Kier molecular flexibility index (Phi) is 8.98. The van der Waals surface area contributed by atoms with E-state index in [9.17, 15) is 9.59 Å². The minimum absolute atomic E-state index is 0.0681. The SMILES string of the molecule is COCCNC(=O)c1cc(NC(=O)CC(C)(C)C)ccc1N1CCN(c2ccccc2OC)CC1. The molecule has 2 N–H and O–H groups in total. The largest absolute Gasteiger partial charge is 0.495 e. The minimum Gasteiger partial charge on any atom is -0.495 e. The smallest absolute Gasteiger partial charge is 0.253 e. The Balaban J connectivity index is 1.78. The fourth-order valence-electron chi connectivity index (χ4n) is 4.20. The highest BCUT2D eigenvalue weighted by Crippen LogP contribution is 2.31. The van der Waals surface area contributed by atoms with Crippen molar-refractivity contribution in [2.45, 2.75) is 27.2 Å². The molecule has 0 saturated carbocycles. The van der Waals surface area contributed by atoms with Crippen LogP contribution < -0.4 is 25.2 Å². The molecule has 1 aliphatic heterocycles. The summed E-state index contributed by atoms with van der Waals surface area (Å²) in [5.41, 5.74) is 2.97. The molecular weight excluding hydrogens is 444 g/mol. The van der Waals surface area contributed by atoms with E-state index in [1.54, 1.807) is 20.3 Å². The summed E-state index contributed by atoms with van der Waals surface area (Å²) >= 11 is 0. The van der Waals surface area contributed by atoms with Crippen LogP contribution in [0, 0.1) is 5.41 Å². The number of hydrogen-bond acceptors (Lipinski definition) is 6. The second-order valence-corrected chi connectivity index (χ2v) is 9.91. The maximum atomic E-state index is 13.1. The zero-order chi connectivity index (χ0) is 25.4. The van der Waals surface area contributed by atoms with E-state index in [2.05, 4.69) is 26.5 Å². The summed E-state index contributed by atoms with van der Waals surface area (Å²) in [7, 11) is 3.29. The maximum absolute atomic E-state index is 13.1. The molecule has 1 heterocycles. The number of amides is 2. The summed E-state index contributed by atoms with van der Waals surface area (Å²) in [4.78, 5) is 30.1. The number of carbonyl (C=O) groups excluding carboxylic acids is 2. The van der Waals surface area contributed by atoms with Crippen LogP contribution in [0.3, 0.4) is 0 Å². The molecule has 0 aromatic heterocycles. The topological polar surface area (TPSA) is 83.1 Å². The predicted molar refractivity (Wildman–Crippen MR) is 141 cm³/mol. The highest BCUT2D eigenvalue weighted by molar-refractivity contribution is 6.02. The summed E-state index contributed by atoms with van der Waals surface area (Å²) in [6.07, 6.45) is 0.398. The van der Waals surface area contributed by atoms with Gasteiger partial charge in [0.05, 0.1) is 25.0 Å². The van der Waals surface area contributed by atoms with Gasteiger partial charge in [-0.05, 0) is 35.7 Å². The van der Waals surface area contributed by atoms with Gasteiger partial charge in [0.15, 0.2) is 0 Å². The molecule has 0 aliphatic carbocycles. The second-order valence-electron chi connectivity index (χ2n) is 9.91. The summed E-state index contributed by atoms with van der Waals surface area (Å²) in [6, 6.07) is 13.6. The van der Waals surface area contributed by atoms with Gasteiger partial charge in [0.25, 0.3) is 5.91 Å². The average molecular weight is 483 g/mol. The first-order valence-electron chi connectivity index (χ1n) is 12.1. The van der Waals surface area contributed by atoms with Crippen LogP contribution in [0.15, 0.2) is 42.5 Å². The lowest BCUT2D eigenvalue weighted by molar-refractivity contribution is -0.117. The predicted octanol–water partition coefficient (Wildman–Crippen LogP) is 3.77. The second kappa shape index (κ2) is 11.9. The zero-order valence-corrected chi connectivity index (χ0v) is 21.5. The fourth-order valence-corrected chi connectivity index (χ4v) is 4.20. The lowest BCUT2D eigenvalue weighted by Crippen LogP contribution is -2.47. The first-order valence-corrected chi connectivity index (χ1v) is 12.1. The van der Waals surface area contributed by atoms with Crippen molar-refractivity contribution in [1.82, 2.24) is 5.32 Å². The Labute approximate surface area is 208 Å². The maximum Gasteiger partial charge on any atom is 0.253 e. The molecule has 2 aromatic rings. The molecule has 8 heteroatoms. The van der Waals surface area contributed by atoms with E-state index in [0.29, 0.717) is 30.8 Å². The standard InChI is InChI=1S/C27H38N4O4/c1-27(2,3)19-25(32)29-20-10-11-22(21(18-20)26(33)28-12-17-34-4)30-13-15-31(16-14-30)23-8-6-7-9-24(23)35-5/h6-11,18H,12-17,19H2,1-5H3,(H,28,33)(H,29,32). The molecule has 1 saturated heterocycles. The number of piperazine rings is 1. The molecule has 1 aliphatic rings. The van der Waals surface area contributed by atoms with Gasteiger partial charge in [-0.2, -0.15) is 0 Å². The van der Waals surface area contributed by atoms with Crippen molar-refractivity contribution in [3.8, 4) is 5.75 Å². The number of anilines is 3. The lowest BCUT2D eigenvalue weighted by Gasteiger charge is -2.38. The van der Waals surface area contributed by atoms with Gasteiger partial charge in [0, 0.05) is 57.6 Å². The van der Waals surface area contributed by atoms with Crippen LogP contribution in [0.25, 0.3) is 0 Å². The number of nitrogens with one attached hydrogen (secondary N) is 2. The number of hydrogen-bond donors (Lipinski definition) is 2. The normalized spacial score (nSPS) is 14.0. The molecule has 3 rings (SSSR count). The Hall–Kier alpha value is -3.26. The molecular formula is C27H38N4O4. The van der Waals surface area contributed by atoms with Gasteiger partial charge in [-0.3, -0.25) is 9.59 Å². The van der Waals surface area contributed by atoms with Gasteiger partial charge in [0.1, 0.15) is 5.75 Å². The summed E-state index contributed by atoms with van der Waals surface area (Å²) < 4.78 is 10.6. The molecule has 190 valence electrons. The molecule has 0 unspecified atom stereocenters. The van der Waals surface area contributed by atoms with E-state index >= 15 is 0 Å². The third kappa shape index (κ3) is 7.36. The van der Waals surface area contributed by atoms with Gasteiger partial charge in [-0.1, -0.05) is 32.9 Å². The number of para-hydroxylation sites is 2. The average Bonchev–Trinajstić information content (AvgIpc) is 2.83. The van der Waals surface area contributed by atoms with Gasteiger partial charge in [-0.15, -0.1) is 0 Å². The van der Waals surface area contributed by atoms with E-state index in [1.807, 2.05) is 51.1 Å². The molecule has 0 radical (unpaired) electrons. The summed E-state index contributed by atoms with van der Waals surface area (Å²) in [6.45, 7) is 10.0. The van der Waals surface area contributed by atoms with Crippen molar-refractivity contribution in [1.29, 1.82) is 0 Å². The van der Waals surface area contributed by atoms with Crippen LogP contribution in [-0.2, 0) is 9.53 Å². The minimum atomic E-state index is -0.184. The van der Waals surface area contributed by atoms with Crippen LogP contribution in [0.5, 0.6) is 5.75 Å². The van der Waals surface area contributed by atoms with Crippen molar-refractivity contribution in [2.75, 3.05) is 68.7 Å². The number of benzene rings is 2. The van der Waals surface area contributed by atoms with Gasteiger partial charge in [-0.25, -0.2) is 0 Å². The van der Waals surface area contributed by atoms with Crippen molar-refractivity contribution >= 4 is 28.9 Å². The highest BCUT2D eigenvalue weighted by atomic mass is 16.5. The first-order chi connectivity index (χ1) is 16.7. The Morgan fingerprint density at radius 1 is 0.943 bits per heavy atom. The summed E-state index contributed by atoms with van der Waals surface area (Å²) in [5, 5.41) is 5.87. The van der Waals surface area contributed by atoms with Crippen molar-refractivity contribution in [2.24, 2.45) is 5.41 Å². The highest BCUT2D eigenvalue weighted by Gasteiger charge is 2.24. The van der Waals surface area contributed by atoms with Gasteiger partial charge in [0.2, 0.25) is 5.91 Å². The van der Waals surface area contributed by atoms with E-state index in [1.165, 1.54) is 0 Å². The number of methoxy groups -OCH3 is 2. The molecule has 8 nitrogen and oxygen atoms in total. The fraction of sp³-hybridized carbons (Fsp3) is 0.481. The van der Waals surface area contributed by atoms with Crippen molar-refractivity contribution in [3.63, 3.8) is 0 Å². The Morgan fingerprint density at radius 3 is 2.23 bits per heavy atom. The van der Waals surface area contributed by atoms with E-state index in [4.69, 9.17) is 9.47 Å². The monoisotopic (exact) mass is 482 g/mol. The van der Waals surface area contributed by atoms with Crippen LogP contribution in [0.2, 0.25) is 0 Å². The molecule has 0 spiro atoms. The molecule has 0 atom stereocenters.